The van der Waals surface area contributed by atoms with Crippen LogP contribution >= 0.6 is 0 Å². The molecule has 0 aliphatic carbocycles. The second-order valence-electron chi connectivity index (χ2n) is 3.51. The molecule has 20 heavy (non-hydrogen) atoms. The molecule has 0 aliphatic rings. The van der Waals surface area contributed by atoms with E-state index >= 15 is 0 Å². The largest absolute Gasteiger partial charge is 0.494 e. The summed E-state index contributed by atoms with van der Waals surface area (Å²) < 4.78 is 5.57. The molecule has 0 saturated carbocycles. The number of hydrogen-bond acceptors (Lipinski definition) is 3. The van der Waals surface area contributed by atoms with Crippen LogP contribution in [0.4, 0.5) is 5.69 Å². The standard InChI is InChI=1S/C12H19N3O.2C2H6/c1-4-5-10-16-12-8-6-11(7-9-12)15(3)14-13-2;2*1-2/h6-9H,4-5,10H2,1-3H3;2*1-2H3. The van der Waals surface area contributed by atoms with Crippen LogP contribution in [0.15, 0.2) is 34.6 Å². The fraction of sp³-hybridized carbons (Fsp3) is 0.625. The van der Waals surface area contributed by atoms with Crippen molar-refractivity contribution in [3.63, 3.8) is 0 Å². The van der Waals surface area contributed by atoms with Gasteiger partial charge in [0.1, 0.15) is 5.75 Å². The lowest BCUT2D eigenvalue weighted by molar-refractivity contribution is 0.309. The van der Waals surface area contributed by atoms with Crippen molar-refractivity contribution in [3.8, 4) is 5.75 Å². The molecule has 0 bridgehead atoms. The van der Waals surface area contributed by atoms with E-state index in [9.17, 15) is 0 Å². The van der Waals surface area contributed by atoms with Gasteiger partial charge in [0.05, 0.1) is 19.3 Å². The quantitative estimate of drug-likeness (QED) is 0.400. The maximum atomic E-state index is 5.57. The van der Waals surface area contributed by atoms with Crippen LogP contribution in [0.25, 0.3) is 0 Å². The Kier molecular flexibility index (Phi) is 16.0. The van der Waals surface area contributed by atoms with E-state index in [1.807, 2.05) is 59.0 Å². The molecule has 116 valence electrons. The zero-order valence-electron chi connectivity index (χ0n) is 14.2. The number of benzene rings is 1. The Morgan fingerprint density at radius 1 is 1.05 bits per heavy atom. The molecule has 4 heteroatoms. The van der Waals surface area contributed by atoms with E-state index in [1.54, 1.807) is 12.1 Å². The van der Waals surface area contributed by atoms with Crippen molar-refractivity contribution in [1.29, 1.82) is 0 Å². The summed E-state index contributed by atoms with van der Waals surface area (Å²) in [7, 11) is 3.51. The molecule has 0 unspecified atom stereocenters. The van der Waals surface area contributed by atoms with Crippen LogP contribution < -0.4 is 9.75 Å². The molecule has 4 nitrogen and oxygen atoms in total. The lowest BCUT2D eigenvalue weighted by Gasteiger charge is -2.11. The Labute approximate surface area is 124 Å². The summed E-state index contributed by atoms with van der Waals surface area (Å²) in [4.78, 5) is 0. The van der Waals surface area contributed by atoms with E-state index in [2.05, 4.69) is 17.3 Å². The van der Waals surface area contributed by atoms with Gasteiger partial charge in [-0.15, -0.1) is 0 Å². The third-order valence-electron chi connectivity index (χ3n) is 2.20. The van der Waals surface area contributed by atoms with Crippen LogP contribution in [0.2, 0.25) is 0 Å². The third kappa shape index (κ3) is 9.36. The van der Waals surface area contributed by atoms with Crippen molar-refractivity contribution in [2.45, 2.75) is 47.5 Å². The molecule has 0 N–H and O–H groups in total. The number of anilines is 1. The van der Waals surface area contributed by atoms with E-state index in [-0.39, 0.29) is 0 Å². The maximum absolute atomic E-state index is 5.57. The first-order chi connectivity index (χ1) is 9.77. The molecule has 0 radical (unpaired) electrons. The minimum atomic E-state index is 0.778. The summed E-state index contributed by atoms with van der Waals surface area (Å²) in [5.41, 5.74) is 0.994. The van der Waals surface area contributed by atoms with Crippen LogP contribution in [-0.4, -0.2) is 20.7 Å². The van der Waals surface area contributed by atoms with E-state index < -0.39 is 0 Å². The zero-order valence-corrected chi connectivity index (χ0v) is 14.2. The van der Waals surface area contributed by atoms with E-state index in [0.717, 1.165) is 30.9 Å². The van der Waals surface area contributed by atoms with E-state index in [0.29, 0.717) is 0 Å². The van der Waals surface area contributed by atoms with Gasteiger partial charge in [-0.05, 0) is 30.7 Å². The molecular formula is C16H31N3O. The van der Waals surface area contributed by atoms with Crippen molar-refractivity contribution in [1.82, 2.24) is 0 Å². The Morgan fingerprint density at radius 3 is 2.05 bits per heavy atom. The van der Waals surface area contributed by atoms with Gasteiger partial charge in [-0.1, -0.05) is 46.3 Å². The van der Waals surface area contributed by atoms with Crippen molar-refractivity contribution in [3.05, 3.63) is 24.3 Å². The average Bonchev–Trinajstić information content (AvgIpc) is 2.52. The van der Waals surface area contributed by atoms with Crippen LogP contribution in [0, 0.1) is 0 Å². The highest BCUT2D eigenvalue weighted by atomic mass is 16.5. The summed E-state index contributed by atoms with van der Waals surface area (Å²) in [5.74, 6) is 0.902. The molecule has 0 atom stereocenters. The van der Waals surface area contributed by atoms with Gasteiger partial charge in [0.25, 0.3) is 0 Å². The third-order valence-corrected chi connectivity index (χ3v) is 2.20. The highest BCUT2D eigenvalue weighted by molar-refractivity contribution is 5.47. The summed E-state index contributed by atoms with van der Waals surface area (Å²) in [6, 6.07) is 7.84. The molecule has 1 rings (SSSR count). The molecule has 0 aromatic heterocycles. The molecule has 0 spiro atoms. The van der Waals surface area contributed by atoms with Crippen LogP contribution in [-0.2, 0) is 0 Å². The van der Waals surface area contributed by atoms with Crippen molar-refractivity contribution in [2.24, 2.45) is 10.3 Å². The van der Waals surface area contributed by atoms with Crippen LogP contribution in [0.3, 0.4) is 0 Å². The Morgan fingerprint density at radius 2 is 1.60 bits per heavy atom. The topological polar surface area (TPSA) is 37.2 Å². The minimum absolute atomic E-state index is 0.778. The molecule has 0 heterocycles. The van der Waals surface area contributed by atoms with Gasteiger partial charge in [0, 0.05) is 7.05 Å². The molecule has 1 aromatic rings. The van der Waals surface area contributed by atoms with Crippen molar-refractivity contribution >= 4 is 5.69 Å². The number of hydrogen-bond donors (Lipinski definition) is 0. The molecular weight excluding hydrogens is 250 g/mol. The Balaban J connectivity index is 0. The van der Waals surface area contributed by atoms with Crippen molar-refractivity contribution in [2.75, 3.05) is 25.7 Å². The van der Waals surface area contributed by atoms with Gasteiger partial charge >= 0.3 is 0 Å². The van der Waals surface area contributed by atoms with Gasteiger partial charge in [0.15, 0.2) is 0 Å². The molecule has 0 amide bonds. The zero-order chi connectivity index (χ0) is 15.8. The first kappa shape index (κ1) is 20.7. The molecule has 0 fully saturated rings. The first-order valence-corrected chi connectivity index (χ1v) is 7.54. The summed E-state index contributed by atoms with van der Waals surface area (Å²) >= 11 is 0. The first-order valence-electron chi connectivity index (χ1n) is 7.54. The Hall–Kier alpha value is -1.58. The summed E-state index contributed by atoms with van der Waals surface area (Å²) in [5, 5.41) is 9.35. The molecule has 0 saturated heterocycles. The maximum Gasteiger partial charge on any atom is 0.119 e. The number of rotatable bonds is 6. The van der Waals surface area contributed by atoms with E-state index in [4.69, 9.17) is 4.74 Å². The minimum Gasteiger partial charge on any atom is -0.494 e. The fourth-order valence-electron chi connectivity index (χ4n) is 1.28. The molecule has 1 aromatic carbocycles. The monoisotopic (exact) mass is 281 g/mol. The lowest BCUT2D eigenvalue weighted by atomic mass is 10.3. The fourth-order valence-corrected chi connectivity index (χ4v) is 1.28. The van der Waals surface area contributed by atoms with Crippen molar-refractivity contribution < 1.29 is 4.74 Å². The lowest BCUT2D eigenvalue weighted by Crippen LogP contribution is -2.06. The van der Waals surface area contributed by atoms with Gasteiger partial charge in [-0.2, -0.15) is 5.11 Å². The number of unbranched alkanes of at least 4 members (excludes halogenated alkanes) is 1. The highest BCUT2D eigenvalue weighted by Crippen LogP contribution is 2.18. The second kappa shape index (κ2) is 15.5. The van der Waals surface area contributed by atoms with Gasteiger partial charge in [-0.3, -0.25) is 5.01 Å². The van der Waals surface area contributed by atoms with Gasteiger partial charge in [0.2, 0.25) is 0 Å². The second-order valence-corrected chi connectivity index (χ2v) is 3.51. The normalized spacial score (nSPS) is 9.15. The SMILES string of the molecule is CC.CC.CCCCOc1ccc(N(C)N=NC)cc1. The smallest absolute Gasteiger partial charge is 0.119 e. The number of nitrogens with zero attached hydrogens (tertiary/aromatic N) is 3. The predicted octanol–water partition coefficient (Wildman–Crippen LogP) is 5.35. The summed E-state index contributed by atoms with van der Waals surface area (Å²) in [6.45, 7) is 10.9. The van der Waals surface area contributed by atoms with Gasteiger partial charge in [-0.25, -0.2) is 0 Å². The summed E-state index contributed by atoms with van der Waals surface area (Å²) in [6.07, 6.45) is 2.24. The highest BCUT2D eigenvalue weighted by Gasteiger charge is 1.99. The van der Waals surface area contributed by atoms with Gasteiger partial charge < -0.3 is 4.74 Å². The average molecular weight is 281 g/mol. The van der Waals surface area contributed by atoms with E-state index in [1.165, 1.54) is 0 Å². The van der Waals surface area contributed by atoms with Crippen LogP contribution in [0.1, 0.15) is 47.5 Å². The molecule has 0 aliphatic heterocycles. The predicted molar refractivity (Wildman–Crippen MR) is 88.7 cm³/mol. The van der Waals surface area contributed by atoms with Crippen LogP contribution in [0.5, 0.6) is 5.75 Å². The number of ether oxygens (including phenoxy) is 1. The Bertz CT molecular complexity index is 323.